The van der Waals surface area contributed by atoms with Gasteiger partial charge in [-0.1, -0.05) is 259 Å². The van der Waals surface area contributed by atoms with E-state index in [1.807, 2.05) is 24.2 Å². The number of ether oxygens (including phenoxy) is 7. The third-order valence-electron chi connectivity index (χ3n) is 24.2. The van der Waals surface area contributed by atoms with Gasteiger partial charge in [0, 0.05) is 43.1 Å². The normalized spacial score (nSPS) is 20.8. The molecule has 1 unspecified atom stereocenters. The van der Waals surface area contributed by atoms with Gasteiger partial charge >= 0.3 is 45.1 Å². The number of hydrogen-bond donors (Lipinski definition) is 17. The van der Waals surface area contributed by atoms with E-state index in [1.165, 1.54) is 6.07 Å². The maximum Gasteiger partial charge on any atom is 0.472 e. The Morgan fingerprint density at radius 2 is 0.867 bits per heavy atom. The number of rotatable bonds is 77. The molecule has 17 N–H and O–H groups in total. The lowest BCUT2D eigenvalue weighted by molar-refractivity contribution is -0.297. The maximum absolute atomic E-state index is 14.6. The van der Waals surface area contributed by atoms with Crippen molar-refractivity contribution in [1.82, 2.24) is 16.1 Å². The number of amides is 3. The molecule has 135 heavy (non-hydrogen) atoms. The molecule has 4 rings (SSSR count). The average Bonchev–Trinajstić information content (AvgIpc) is 0.772. The number of aliphatic hydroxyl groups excluding tert-OH is 10. The summed E-state index contributed by atoms with van der Waals surface area (Å²) in [6.45, 7) is 10.4. The Hall–Kier alpha value is -6.11. The fourth-order valence-electron chi connectivity index (χ4n) is 16.4. The highest BCUT2D eigenvalue weighted by Gasteiger charge is 2.55. The molecule has 0 aliphatic carbocycles. The number of fused-ring (bicyclic) bond motifs is 1. The highest BCUT2D eigenvalue weighted by molar-refractivity contribution is 7.46. The van der Waals surface area contributed by atoms with Crippen LogP contribution < -0.4 is 26.6 Å². The minimum Gasteiger partial charge on any atom is -0.463 e. The molecule has 0 bridgehead atoms. The smallest absolute Gasteiger partial charge is 0.463 e. The number of aliphatic hydroxyl groups is 10. The van der Waals surface area contributed by atoms with Crippen LogP contribution in [0.1, 0.15) is 354 Å². The van der Waals surface area contributed by atoms with Gasteiger partial charge in [-0.15, -0.1) is 0 Å². The topological polar surface area (TPSA) is 602 Å². The Labute approximate surface area is 795 Å². The first-order valence-electron chi connectivity index (χ1n) is 49.6. The summed E-state index contributed by atoms with van der Waals surface area (Å²) < 4.78 is 83.3. The van der Waals surface area contributed by atoms with Gasteiger partial charge < -0.3 is 124 Å². The molecule has 3 heterocycles. The minimum atomic E-state index is -5.87. The standard InChI is InChI=1S/C94H163N5O34P2/c1-7-13-17-21-25-29-33-37-41-46-66(100)56-76(106)96-82-89(130-80(110)58-68(102)48-43-39-35-31-27-23-19-15-9-3)86(114)74(128-94(82)133-135(121,122)123)62-126-93-83(97-77(107)57-67(101)47-42-38-34-30-26-22-18-14-8-2)90(131-81(111)59-69(103)49-44-40-36-32-28-24-20-16-10-4)88(132-134(118,119)120)75(129-93)63-125-79(109)51-45-50-78(108)124-61-72(105)85(113)87(115)84(112)71(104)60-95-98-91(116)70-54-64-52-53-65(99(11-5)12-6)55-73(64)127-92(70)117/h52-55,60,66-69,71-72,74-75,82-90,93-94,100-105,112-115H,7-51,56-59,61-63H2,1-6H3,(H,96,106)(H,97,107)(H,98,116)(H2,118,119,120)(H2,121,122,123)/b95-60+/t66-,67-,68-,69-,71?,72-,74-,75-,82-,83-,84+,85-,86-,87-,88-,89-,90-,93-,94-/m1/s1. The van der Waals surface area contributed by atoms with Crippen molar-refractivity contribution in [2.24, 2.45) is 5.10 Å². The monoisotopic (exact) mass is 1970 g/mol. The number of benzene rings is 1. The number of hydrogen-bond acceptors (Lipinski definition) is 32. The van der Waals surface area contributed by atoms with Crippen molar-refractivity contribution in [2.45, 2.75) is 460 Å². The lowest BCUT2D eigenvalue weighted by atomic mass is 9.95. The van der Waals surface area contributed by atoms with Gasteiger partial charge in [-0.25, -0.2) is 19.4 Å². The molecule has 1 aromatic heterocycles. The van der Waals surface area contributed by atoms with Crippen molar-refractivity contribution in [3.05, 3.63) is 40.2 Å². The molecule has 2 aromatic rings. The summed E-state index contributed by atoms with van der Waals surface area (Å²) in [7, 11) is -11.6. The molecule has 0 radical (unpaired) electrons. The summed E-state index contributed by atoms with van der Waals surface area (Å²) in [5.41, 5.74) is 1.48. The van der Waals surface area contributed by atoms with Gasteiger partial charge in [-0.05, 0) is 64.2 Å². The van der Waals surface area contributed by atoms with E-state index >= 15 is 0 Å². The molecule has 778 valence electrons. The number of phosphoric ester groups is 2. The van der Waals surface area contributed by atoms with E-state index in [0.717, 1.165) is 198 Å². The third kappa shape index (κ3) is 50.7. The molecule has 2 saturated heterocycles. The quantitative estimate of drug-likeness (QED) is 0.00556. The van der Waals surface area contributed by atoms with Gasteiger partial charge in [0.05, 0.1) is 62.9 Å². The van der Waals surface area contributed by atoms with Crippen molar-refractivity contribution in [1.29, 1.82) is 0 Å². The Morgan fingerprint density at radius 1 is 0.459 bits per heavy atom. The summed E-state index contributed by atoms with van der Waals surface area (Å²) in [5.74, 6) is -7.83. The van der Waals surface area contributed by atoms with Crippen LogP contribution in [0.5, 0.6) is 0 Å². The summed E-state index contributed by atoms with van der Waals surface area (Å²) in [5, 5.41) is 120. The fraction of sp³-hybridized carbons (Fsp3) is 0.819. The van der Waals surface area contributed by atoms with E-state index in [1.54, 1.807) is 18.2 Å². The predicted octanol–water partition coefficient (Wildman–Crippen LogP) is 10.3. The van der Waals surface area contributed by atoms with Crippen LogP contribution in [0.25, 0.3) is 11.0 Å². The highest BCUT2D eigenvalue weighted by atomic mass is 31.2. The number of carbonyl (C=O) groups excluding carboxylic acids is 7. The number of esters is 4. The zero-order valence-electron chi connectivity index (χ0n) is 80.3. The van der Waals surface area contributed by atoms with Crippen LogP contribution in [0.4, 0.5) is 5.69 Å². The molecule has 0 saturated carbocycles. The van der Waals surface area contributed by atoms with Crippen LogP contribution in [-0.2, 0) is 80.1 Å². The molecule has 19 atom stereocenters. The van der Waals surface area contributed by atoms with Crippen molar-refractivity contribution in [2.75, 3.05) is 37.8 Å². The van der Waals surface area contributed by atoms with Gasteiger partial charge in [0.15, 0.2) is 24.8 Å². The van der Waals surface area contributed by atoms with Gasteiger partial charge in [0.1, 0.15) is 91.4 Å². The van der Waals surface area contributed by atoms with E-state index in [4.69, 9.17) is 46.6 Å². The average molecular weight is 1970 g/mol. The Kier molecular flexibility index (Phi) is 61.8. The number of carbonyl (C=O) groups is 7. The van der Waals surface area contributed by atoms with Crippen LogP contribution in [0.15, 0.2) is 38.6 Å². The van der Waals surface area contributed by atoms with Crippen LogP contribution in [0, 0.1) is 0 Å². The first-order valence-corrected chi connectivity index (χ1v) is 52.7. The third-order valence-corrected chi connectivity index (χ3v) is 25.2. The van der Waals surface area contributed by atoms with E-state index < -0.39 is 249 Å². The second kappa shape index (κ2) is 68.9. The summed E-state index contributed by atoms with van der Waals surface area (Å²) in [6, 6.07) is 2.23. The van der Waals surface area contributed by atoms with Crippen LogP contribution in [0.3, 0.4) is 0 Å². The minimum absolute atomic E-state index is 0.0756. The van der Waals surface area contributed by atoms with Crippen LogP contribution >= 0.6 is 15.6 Å². The van der Waals surface area contributed by atoms with Crippen LogP contribution in [-0.4, -0.2) is 268 Å². The van der Waals surface area contributed by atoms with E-state index in [9.17, 15) is 118 Å². The SMILES string of the molecule is CCCCCCCCCCC[C@@H](O)CC(=O)N[C@H]1[C@H](OC[C@H]2O[C@H](OP(=O)(O)O)[C@H](NC(=O)C[C@H](O)CCCCCCCCCCC)[C@@H](OC(=O)C[C@H](O)CCCCCCCCCCC)[C@@H]2O)O[C@H](COC(=O)CCCC(=O)OC[C@@H](O)[C@@H](O)[C@H](O)[C@@H](O)C(O)/C=N/NC(=O)c2cc3ccc(N(CC)CC)cc3oc2=O)[C@@H](OP(=O)(O)O)[C@@H]1OC(=O)C[C@H](O)CCCCCCCCCCC. The fourth-order valence-corrected chi connectivity index (χ4v) is 17.4. The summed E-state index contributed by atoms with van der Waals surface area (Å²) in [6.07, 6.45) is -3.94. The molecule has 39 nitrogen and oxygen atoms in total. The number of nitrogens with one attached hydrogen (secondary N) is 3. The number of phosphoric acid groups is 2. The molecule has 3 amide bonds. The highest BCUT2D eigenvalue weighted by Crippen LogP contribution is 2.44. The Bertz CT molecular complexity index is 3840. The molecule has 2 aliphatic rings. The molecule has 2 fully saturated rings. The van der Waals surface area contributed by atoms with Gasteiger partial charge in [-0.3, -0.25) is 42.6 Å². The number of nitrogens with zero attached hydrogens (tertiary/aromatic N) is 2. The number of hydrazone groups is 1. The van der Waals surface area contributed by atoms with Gasteiger partial charge in [0.25, 0.3) is 5.91 Å². The molecule has 41 heteroatoms. The number of anilines is 1. The molecular weight excluding hydrogens is 1800 g/mol. The summed E-state index contributed by atoms with van der Waals surface area (Å²) in [4.78, 5) is 154. The largest absolute Gasteiger partial charge is 0.472 e. The zero-order chi connectivity index (χ0) is 99.7. The van der Waals surface area contributed by atoms with E-state index in [2.05, 4.69) is 43.4 Å². The zero-order valence-corrected chi connectivity index (χ0v) is 82.1. The molecular formula is C94H163N5O34P2. The van der Waals surface area contributed by atoms with E-state index in [-0.39, 0.29) is 31.3 Å². The molecule has 0 spiro atoms. The Balaban J connectivity index is 1.68. The van der Waals surface area contributed by atoms with Gasteiger partial charge in [-0.2, -0.15) is 5.10 Å². The molecule has 1 aromatic carbocycles. The second-order valence-electron chi connectivity index (χ2n) is 35.9. The van der Waals surface area contributed by atoms with Crippen molar-refractivity contribution >= 4 is 80.1 Å². The van der Waals surface area contributed by atoms with Crippen molar-refractivity contribution in [3.8, 4) is 0 Å². The van der Waals surface area contributed by atoms with Gasteiger partial charge in [0.2, 0.25) is 11.8 Å². The van der Waals surface area contributed by atoms with Crippen molar-refractivity contribution < 1.29 is 160 Å². The van der Waals surface area contributed by atoms with Crippen molar-refractivity contribution in [3.63, 3.8) is 0 Å². The molecule has 2 aliphatic heterocycles. The lowest BCUT2D eigenvalue weighted by Crippen LogP contribution is -2.68. The van der Waals surface area contributed by atoms with E-state index in [0.29, 0.717) is 63.2 Å². The number of unbranched alkanes of at least 4 members (excludes halogenated alkanes) is 32. The van der Waals surface area contributed by atoms with Crippen LogP contribution in [0.2, 0.25) is 0 Å². The first kappa shape index (κ1) is 121. The first-order chi connectivity index (χ1) is 64.5. The Morgan fingerprint density at radius 3 is 1.30 bits per heavy atom. The maximum atomic E-state index is 14.6. The second-order valence-corrected chi connectivity index (χ2v) is 38.3. The lowest BCUT2D eigenvalue weighted by Gasteiger charge is -2.47. The predicted molar refractivity (Wildman–Crippen MR) is 501 cm³/mol. The summed E-state index contributed by atoms with van der Waals surface area (Å²) >= 11 is 0.